The van der Waals surface area contributed by atoms with E-state index < -0.39 is 17.8 Å². The predicted molar refractivity (Wildman–Crippen MR) is 233 cm³/mol. The number of rotatable bonds is 13. The third-order valence-corrected chi connectivity index (χ3v) is 13.3. The van der Waals surface area contributed by atoms with Crippen LogP contribution in [0.15, 0.2) is 72.2 Å². The highest BCUT2D eigenvalue weighted by atomic mass is 19.1. The minimum atomic E-state index is -1.000. The monoisotopic (exact) mass is 871 g/mol. The molecule has 3 atom stereocenters. The highest BCUT2D eigenvalue weighted by molar-refractivity contribution is 6.09. The summed E-state index contributed by atoms with van der Waals surface area (Å²) in [5.74, 6) is 2.01. The van der Waals surface area contributed by atoms with E-state index in [1.165, 1.54) is 18.5 Å². The van der Waals surface area contributed by atoms with Crippen molar-refractivity contribution in [2.24, 2.45) is 22.9 Å². The molecule has 332 valence electrons. The fourth-order valence-electron chi connectivity index (χ4n) is 9.63. The summed E-state index contributed by atoms with van der Waals surface area (Å²) in [6.07, 6.45) is 9.99. The lowest BCUT2D eigenvalue weighted by atomic mass is 9.73. The SMILES string of the molecule is COc1ccc(C2=NN(C3CCN(C(=O)[C@@H](Cc4ccc(F)cc4)NC(=O)c4c[nH]c5c(-c6c(OCC7CC7)ccc7c6OCO7)ncnc45)CC3)C(=O)[C@@H]3CCCC[C@H]23)cc1OC. The molecule has 0 bridgehead atoms. The molecular formula is C48H50FN7O8. The molecule has 16 heteroatoms. The summed E-state index contributed by atoms with van der Waals surface area (Å²) in [5.41, 5.74) is 4.57. The lowest BCUT2D eigenvalue weighted by Gasteiger charge is -2.43. The van der Waals surface area contributed by atoms with E-state index in [-0.39, 0.29) is 48.5 Å². The van der Waals surface area contributed by atoms with Gasteiger partial charge in [-0.15, -0.1) is 0 Å². The van der Waals surface area contributed by atoms with Crippen LogP contribution in [0.4, 0.5) is 4.39 Å². The fourth-order valence-corrected chi connectivity index (χ4v) is 9.63. The molecule has 15 nitrogen and oxygen atoms in total. The maximum atomic E-state index is 14.6. The molecular weight excluding hydrogens is 822 g/mol. The number of aromatic amines is 1. The molecule has 3 amide bonds. The molecule has 5 aromatic rings. The van der Waals surface area contributed by atoms with Crippen LogP contribution in [0.5, 0.6) is 28.7 Å². The minimum absolute atomic E-state index is 0.00870. The fraction of sp³-hybridized carbons (Fsp3) is 0.417. The molecule has 64 heavy (non-hydrogen) atoms. The number of halogens is 1. The quantitative estimate of drug-likeness (QED) is 0.130. The number of carbonyl (C=O) groups is 3. The average molecular weight is 872 g/mol. The molecule has 2 N–H and O–H groups in total. The van der Waals surface area contributed by atoms with E-state index in [9.17, 15) is 18.8 Å². The number of hydrogen-bond donors (Lipinski definition) is 2. The summed E-state index contributed by atoms with van der Waals surface area (Å²) in [6.45, 7) is 1.31. The number of likely N-dealkylation sites (tertiary alicyclic amines) is 1. The summed E-state index contributed by atoms with van der Waals surface area (Å²) in [5, 5.41) is 9.75. The van der Waals surface area contributed by atoms with Gasteiger partial charge in [0.05, 0.1) is 49.2 Å². The molecule has 3 fully saturated rings. The Bertz CT molecular complexity index is 2620. The van der Waals surface area contributed by atoms with Crippen molar-refractivity contribution in [3.63, 3.8) is 0 Å². The van der Waals surface area contributed by atoms with Gasteiger partial charge in [-0.2, -0.15) is 5.10 Å². The number of benzene rings is 3. The summed E-state index contributed by atoms with van der Waals surface area (Å²) in [6, 6.07) is 14.1. The zero-order chi connectivity index (χ0) is 43.9. The van der Waals surface area contributed by atoms with Crippen molar-refractivity contribution in [2.75, 3.05) is 40.7 Å². The summed E-state index contributed by atoms with van der Waals surface area (Å²) in [7, 11) is 3.20. The van der Waals surface area contributed by atoms with Gasteiger partial charge in [0.25, 0.3) is 5.91 Å². The molecule has 0 unspecified atom stereocenters. The minimum Gasteiger partial charge on any atom is -0.493 e. The van der Waals surface area contributed by atoms with E-state index in [4.69, 9.17) is 28.8 Å². The maximum absolute atomic E-state index is 14.6. The van der Waals surface area contributed by atoms with E-state index in [1.54, 1.807) is 42.5 Å². The van der Waals surface area contributed by atoms with E-state index in [1.807, 2.05) is 30.3 Å². The molecule has 2 aliphatic carbocycles. The molecule has 0 spiro atoms. The topological polar surface area (TPSA) is 170 Å². The number of amides is 3. The first-order valence-corrected chi connectivity index (χ1v) is 22.1. The zero-order valence-electron chi connectivity index (χ0n) is 35.8. The predicted octanol–water partition coefficient (Wildman–Crippen LogP) is 6.68. The van der Waals surface area contributed by atoms with Gasteiger partial charge in [0.1, 0.15) is 35.1 Å². The van der Waals surface area contributed by atoms with Crippen LogP contribution in [0, 0.1) is 23.6 Å². The Kier molecular flexibility index (Phi) is 11.3. The second-order valence-electron chi connectivity index (χ2n) is 17.2. The van der Waals surface area contributed by atoms with Crippen LogP contribution in [-0.4, -0.2) is 101 Å². The largest absolute Gasteiger partial charge is 0.493 e. The maximum Gasteiger partial charge on any atom is 0.255 e. The van der Waals surface area contributed by atoms with Crippen molar-refractivity contribution in [1.29, 1.82) is 0 Å². The van der Waals surface area contributed by atoms with Crippen LogP contribution >= 0.6 is 0 Å². The van der Waals surface area contributed by atoms with Crippen molar-refractivity contribution < 1.29 is 42.5 Å². The number of fused-ring (bicyclic) bond motifs is 3. The summed E-state index contributed by atoms with van der Waals surface area (Å²) >= 11 is 0. The van der Waals surface area contributed by atoms with Gasteiger partial charge in [-0.3, -0.25) is 14.4 Å². The van der Waals surface area contributed by atoms with Crippen molar-refractivity contribution in [2.45, 2.75) is 69.9 Å². The van der Waals surface area contributed by atoms with Gasteiger partial charge in [0.15, 0.2) is 23.0 Å². The normalized spacial score (nSPS) is 20.1. The van der Waals surface area contributed by atoms with Crippen LogP contribution in [0.3, 0.4) is 0 Å². The van der Waals surface area contributed by atoms with Gasteiger partial charge < -0.3 is 38.9 Å². The molecule has 1 saturated heterocycles. The number of H-pyrrole nitrogens is 1. The highest BCUT2D eigenvalue weighted by Crippen LogP contribution is 2.48. The Hall–Kier alpha value is -6.71. The van der Waals surface area contributed by atoms with Crippen LogP contribution in [-0.2, 0) is 16.0 Å². The van der Waals surface area contributed by atoms with Gasteiger partial charge in [-0.1, -0.05) is 25.0 Å². The van der Waals surface area contributed by atoms with Gasteiger partial charge in [-0.05, 0) is 92.5 Å². The number of ether oxygens (including phenoxy) is 5. The van der Waals surface area contributed by atoms with E-state index in [2.05, 4.69) is 20.3 Å². The third-order valence-electron chi connectivity index (χ3n) is 13.3. The van der Waals surface area contributed by atoms with Crippen LogP contribution in [0.25, 0.3) is 22.3 Å². The van der Waals surface area contributed by atoms with Crippen molar-refractivity contribution in [3.8, 4) is 40.0 Å². The number of carbonyl (C=O) groups excluding carboxylic acids is 3. The van der Waals surface area contributed by atoms with E-state index >= 15 is 0 Å². The Morgan fingerprint density at radius 3 is 2.44 bits per heavy atom. The third kappa shape index (κ3) is 7.94. The smallest absolute Gasteiger partial charge is 0.255 e. The molecule has 3 aromatic carbocycles. The van der Waals surface area contributed by atoms with Gasteiger partial charge in [0, 0.05) is 43.1 Å². The number of aromatic nitrogens is 3. The first-order valence-electron chi connectivity index (χ1n) is 22.1. The standard InChI is InChI=1S/C48H50FN7O8/c1-60-36-14-11-29(22-39(36)61-2)41-32-5-3-4-6-33(32)47(58)56(54-41)31-17-19-55(20-18-31)48(59)35(21-27-9-12-30(49)13-10-27)53-46(57)34-23-50-44-42(34)51-25-52-43(44)40-37(62-24-28-7-8-28)15-16-38-45(40)64-26-63-38/h9-16,22-23,25,28,31-33,35,50H,3-8,17-21,24,26H2,1-2H3,(H,53,57)/t32-,33+,35+/m0/s1. The zero-order valence-corrected chi connectivity index (χ0v) is 35.8. The number of methoxy groups -OCH3 is 2. The molecule has 0 radical (unpaired) electrons. The Morgan fingerprint density at radius 2 is 1.67 bits per heavy atom. The summed E-state index contributed by atoms with van der Waals surface area (Å²) < 4.78 is 43.0. The van der Waals surface area contributed by atoms with E-state index in [0.29, 0.717) is 95.1 Å². The number of hydrogen-bond acceptors (Lipinski definition) is 11. The molecule has 5 heterocycles. The highest BCUT2D eigenvalue weighted by Gasteiger charge is 2.44. The second kappa shape index (κ2) is 17.5. The first kappa shape index (κ1) is 41.3. The van der Waals surface area contributed by atoms with Gasteiger partial charge in [0.2, 0.25) is 18.6 Å². The number of nitrogens with one attached hydrogen (secondary N) is 2. The molecule has 10 rings (SSSR count). The van der Waals surface area contributed by atoms with Gasteiger partial charge in [-0.25, -0.2) is 19.4 Å². The number of piperidine rings is 1. The van der Waals surface area contributed by atoms with Gasteiger partial charge >= 0.3 is 0 Å². The van der Waals surface area contributed by atoms with Crippen LogP contribution in [0.2, 0.25) is 0 Å². The molecule has 2 aromatic heterocycles. The van der Waals surface area contributed by atoms with Crippen molar-refractivity contribution in [1.82, 2.24) is 30.2 Å². The van der Waals surface area contributed by atoms with E-state index in [0.717, 1.165) is 49.8 Å². The lowest BCUT2D eigenvalue weighted by Crippen LogP contribution is -2.55. The van der Waals surface area contributed by atoms with Crippen LogP contribution in [0.1, 0.15) is 72.9 Å². The first-order chi connectivity index (χ1) is 31.3. The molecule has 5 aliphatic rings. The Balaban J connectivity index is 0.894. The van der Waals surface area contributed by atoms with Crippen molar-refractivity contribution in [3.05, 3.63) is 89.6 Å². The number of nitrogens with zero attached hydrogens (tertiary/aromatic N) is 5. The number of hydrazone groups is 1. The van der Waals surface area contributed by atoms with Crippen molar-refractivity contribution >= 4 is 34.5 Å². The molecule has 2 saturated carbocycles. The second-order valence-corrected chi connectivity index (χ2v) is 17.2. The van der Waals surface area contributed by atoms with Crippen LogP contribution < -0.4 is 29.0 Å². The lowest BCUT2D eigenvalue weighted by molar-refractivity contribution is -0.143. The Labute approximate surface area is 369 Å². The Morgan fingerprint density at radius 1 is 0.906 bits per heavy atom. The molecule has 3 aliphatic heterocycles. The average Bonchev–Trinajstić information content (AvgIpc) is 3.85. The summed E-state index contributed by atoms with van der Waals surface area (Å²) in [4.78, 5) is 57.1.